The van der Waals surface area contributed by atoms with Gasteiger partial charge in [-0.1, -0.05) is 19.1 Å². The van der Waals surface area contributed by atoms with Gasteiger partial charge in [0.1, 0.15) is 17.1 Å². The molecule has 0 aromatic heterocycles. The van der Waals surface area contributed by atoms with Crippen molar-refractivity contribution in [3.05, 3.63) is 53.3 Å². The average molecular weight is 385 g/mol. The molecule has 0 spiro atoms. The fourth-order valence-electron chi connectivity index (χ4n) is 4.22. The Morgan fingerprint density at radius 2 is 2.07 bits per heavy atom. The van der Waals surface area contributed by atoms with E-state index >= 15 is 0 Å². The number of hydrogen-bond acceptors (Lipinski definition) is 4. The van der Waals surface area contributed by atoms with E-state index in [1.165, 1.54) is 13.2 Å². The third-order valence-corrected chi connectivity index (χ3v) is 5.55. The van der Waals surface area contributed by atoms with Gasteiger partial charge < -0.3 is 19.1 Å². The maximum atomic E-state index is 14.4. The van der Waals surface area contributed by atoms with Crippen molar-refractivity contribution in [2.24, 2.45) is 5.41 Å². The van der Waals surface area contributed by atoms with Gasteiger partial charge in [0.05, 0.1) is 7.11 Å². The molecule has 0 bridgehead atoms. The van der Waals surface area contributed by atoms with Crippen molar-refractivity contribution in [2.45, 2.75) is 26.2 Å². The molecule has 148 valence electrons. The lowest BCUT2D eigenvalue weighted by Crippen LogP contribution is -2.46. The Balaban J connectivity index is 1.53. The molecule has 0 saturated carbocycles. The number of hydrogen-bond donors (Lipinski definition) is 0. The molecule has 2 heterocycles. The van der Waals surface area contributed by atoms with Crippen molar-refractivity contribution in [1.29, 1.82) is 0 Å². The second-order valence-electron chi connectivity index (χ2n) is 7.82. The zero-order valence-corrected chi connectivity index (χ0v) is 16.2. The van der Waals surface area contributed by atoms with Crippen molar-refractivity contribution in [2.75, 3.05) is 27.0 Å². The van der Waals surface area contributed by atoms with E-state index in [9.17, 15) is 9.18 Å². The van der Waals surface area contributed by atoms with E-state index in [2.05, 4.69) is 6.92 Å². The third kappa shape index (κ3) is 3.51. The molecule has 6 heteroatoms. The van der Waals surface area contributed by atoms with Crippen molar-refractivity contribution < 1.29 is 23.4 Å². The van der Waals surface area contributed by atoms with Crippen LogP contribution in [0.15, 0.2) is 36.4 Å². The summed E-state index contributed by atoms with van der Waals surface area (Å²) >= 11 is 0. The summed E-state index contributed by atoms with van der Waals surface area (Å²) in [5.41, 5.74) is 1.06. The van der Waals surface area contributed by atoms with E-state index in [4.69, 9.17) is 14.2 Å². The summed E-state index contributed by atoms with van der Waals surface area (Å²) in [6, 6.07) is 10.4. The number of methoxy groups -OCH3 is 1. The predicted octanol–water partition coefficient (Wildman–Crippen LogP) is 4.05. The van der Waals surface area contributed by atoms with Gasteiger partial charge in [-0.2, -0.15) is 0 Å². The van der Waals surface area contributed by atoms with Gasteiger partial charge in [0.25, 0.3) is 5.91 Å². The maximum Gasteiger partial charge on any atom is 0.260 e. The highest BCUT2D eigenvalue weighted by molar-refractivity contribution is 5.97. The van der Waals surface area contributed by atoms with Crippen LogP contribution in [0.1, 0.15) is 35.7 Å². The highest BCUT2D eigenvalue weighted by Crippen LogP contribution is 2.38. The molecule has 1 amide bonds. The summed E-state index contributed by atoms with van der Waals surface area (Å²) in [7, 11) is 1.45. The fraction of sp³-hybridized carbons (Fsp3) is 0.409. The Bertz CT molecular complexity index is 900. The number of carbonyl (C=O) groups excluding carboxylic acids is 1. The molecule has 1 saturated heterocycles. The van der Waals surface area contributed by atoms with E-state index in [1.807, 2.05) is 18.2 Å². The molecule has 28 heavy (non-hydrogen) atoms. The highest BCUT2D eigenvalue weighted by atomic mass is 19.1. The lowest BCUT2D eigenvalue weighted by molar-refractivity contribution is 0.0543. The number of likely N-dealkylation sites (tertiary alicyclic amines) is 1. The molecule has 2 aromatic carbocycles. The standard InChI is InChI=1S/C22H24FNO4/c1-22(12-15-7-8-17-19(11-15)28-14-27-17)9-4-10-24(13-22)21(25)20-16(23)5-3-6-18(20)26-2/h3,5-8,11H,4,9-10,12-14H2,1-2H3/t22-/m0/s1. The molecule has 1 atom stereocenters. The lowest BCUT2D eigenvalue weighted by atomic mass is 9.76. The first-order valence-electron chi connectivity index (χ1n) is 9.49. The summed E-state index contributed by atoms with van der Waals surface area (Å²) in [6.45, 7) is 3.61. The predicted molar refractivity (Wildman–Crippen MR) is 102 cm³/mol. The van der Waals surface area contributed by atoms with Crippen molar-refractivity contribution in [3.8, 4) is 17.2 Å². The number of carbonyl (C=O) groups is 1. The van der Waals surface area contributed by atoms with Crippen molar-refractivity contribution in [3.63, 3.8) is 0 Å². The number of piperidine rings is 1. The van der Waals surface area contributed by atoms with Gasteiger partial charge in [0.15, 0.2) is 11.5 Å². The van der Waals surface area contributed by atoms with E-state index in [0.29, 0.717) is 13.1 Å². The second kappa shape index (κ2) is 7.34. The van der Waals surface area contributed by atoms with Gasteiger partial charge in [0.2, 0.25) is 6.79 Å². The summed E-state index contributed by atoms with van der Waals surface area (Å²) in [5, 5.41) is 0. The van der Waals surface area contributed by atoms with Crippen LogP contribution in [-0.4, -0.2) is 37.8 Å². The first kappa shape index (κ1) is 18.6. The van der Waals surface area contributed by atoms with Crippen LogP contribution in [0.25, 0.3) is 0 Å². The topological polar surface area (TPSA) is 48.0 Å². The molecule has 2 aliphatic heterocycles. The lowest BCUT2D eigenvalue weighted by Gasteiger charge is -2.41. The van der Waals surface area contributed by atoms with E-state index in [1.54, 1.807) is 17.0 Å². The minimum absolute atomic E-state index is 0.0114. The molecule has 1 fully saturated rings. The molecule has 5 nitrogen and oxygen atoms in total. The number of benzene rings is 2. The summed E-state index contributed by atoms with van der Waals surface area (Å²) in [4.78, 5) is 14.8. The SMILES string of the molecule is COc1cccc(F)c1C(=O)N1CCC[C@@](C)(Cc2ccc3c(c2)OCO3)C1. The van der Waals surface area contributed by atoms with Crippen LogP contribution < -0.4 is 14.2 Å². The van der Waals surface area contributed by atoms with E-state index < -0.39 is 5.82 Å². The van der Waals surface area contributed by atoms with Gasteiger partial charge in [-0.25, -0.2) is 4.39 Å². The number of fused-ring (bicyclic) bond motifs is 1. The van der Waals surface area contributed by atoms with Crippen LogP contribution in [0.5, 0.6) is 17.2 Å². The zero-order valence-electron chi connectivity index (χ0n) is 16.2. The average Bonchev–Trinajstić information content (AvgIpc) is 3.14. The number of ether oxygens (including phenoxy) is 3. The maximum absolute atomic E-state index is 14.4. The van der Waals surface area contributed by atoms with Gasteiger partial charge in [-0.3, -0.25) is 4.79 Å². The molecular formula is C22H24FNO4. The molecular weight excluding hydrogens is 361 g/mol. The van der Waals surface area contributed by atoms with Gasteiger partial charge >= 0.3 is 0 Å². The summed E-state index contributed by atoms with van der Waals surface area (Å²) < 4.78 is 30.4. The minimum Gasteiger partial charge on any atom is -0.496 e. The number of rotatable bonds is 4. The van der Waals surface area contributed by atoms with Crippen LogP contribution in [-0.2, 0) is 6.42 Å². The number of nitrogens with zero attached hydrogens (tertiary/aromatic N) is 1. The van der Waals surface area contributed by atoms with E-state index in [-0.39, 0.29) is 29.4 Å². The Labute approximate surface area is 164 Å². The summed E-state index contributed by atoms with van der Waals surface area (Å²) in [5.74, 6) is 0.939. The third-order valence-electron chi connectivity index (χ3n) is 5.55. The Morgan fingerprint density at radius 1 is 1.25 bits per heavy atom. The first-order chi connectivity index (χ1) is 13.5. The zero-order chi connectivity index (χ0) is 19.7. The quantitative estimate of drug-likeness (QED) is 0.797. The second-order valence-corrected chi connectivity index (χ2v) is 7.82. The fourth-order valence-corrected chi connectivity index (χ4v) is 4.22. The molecule has 0 unspecified atom stereocenters. The van der Waals surface area contributed by atoms with Crippen LogP contribution in [0.4, 0.5) is 4.39 Å². The monoisotopic (exact) mass is 385 g/mol. The molecule has 2 aliphatic rings. The van der Waals surface area contributed by atoms with Crippen LogP contribution >= 0.6 is 0 Å². The normalized spacial score (nSPS) is 20.9. The number of halogens is 1. The molecule has 0 N–H and O–H groups in total. The van der Waals surface area contributed by atoms with Crippen LogP contribution in [0, 0.1) is 11.2 Å². The number of amides is 1. The molecule has 4 rings (SSSR count). The molecule has 2 aromatic rings. The van der Waals surface area contributed by atoms with Crippen LogP contribution in [0.3, 0.4) is 0 Å². The van der Waals surface area contributed by atoms with Gasteiger partial charge in [0, 0.05) is 13.1 Å². The highest BCUT2D eigenvalue weighted by Gasteiger charge is 2.35. The smallest absolute Gasteiger partial charge is 0.260 e. The molecule has 0 radical (unpaired) electrons. The minimum atomic E-state index is -0.549. The van der Waals surface area contributed by atoms with Gasteiger partial charge in [-0.05, 0) is 54.5 Å². The Kier molecular flexibility index (Phi) is 4.87. The van der Waals surface area contributed by atoms with Gasteiger partial charge in [-0.15, -0.1) is 0 Å². The molecule has 0 aliphatic carbocycles. The Hall–Kier alpha value is -2.76. The largest absolute Gasteiger partial charge is 0.496 e. The van der Waals surface area contributed by atoms with E-state index in [0.717, 1.165) is 36.3 Å². The Morgan fingerprint density at radius 3 is 2.89 bits per heavy atom. The van der Waals surface area contributed by atoms with Crippen molar-refractivity contribution >= 4 is 5.91 Å². The summed E-state index contributed by atoms with van der Waals surface area (Å²) in [6.07, 6.45) is 2.69. The van der Waals surface area contributed by atoms with Crippen LogP contribution in [0.2, 0.25) is 0 Å². The first-order valence-corrected chi connectivity index (χ1v) is 9.49. The van der Waals surface area contributed by atoms with Crippen molar-refractivity contribution in [1.82, 2.24) is 4.90 Å².